The maximum Gasteiger partial charge on any atom is 0.416 e. The van der Waals surface area contributed by atoms with E-state index in [2.05, 4.69) is 10.4 Å². The first-order valence-corrected chi connectivity index (χ1v) is 6.74. The van der Waals surface area contributed by atoms with E-state index >= 15 is 0 Å². The zero-order valence-electron chi connectivity index (χ0n) is 11.2. The molecule has 2 aromatic rings. The lowest BCUT2D eigenvalue weighted by Crippen LogP contribution is -2.08. The van der Waals surface area contributed by atoms with Gasteiger partial charge in [-0.25, -0.2) is 0 Å². The molecule has 0 radical (unpaired) electrons. The van der Waals surface area contributed by atoms with Crippen molar-refractivity contribution in [3.63, 3.8) is 0 Å². The fourth-order valence-corrected chi connectivity index (χ4v) is 2.36. The van der Waals surface area contributed by atoms with Gasteiger partial charge in [0.1, 0.15) is 0 Å². The summed E-state index contributed by atoms with van der Waals surface area (Å²) >= 11 is 12.0. The summed E-state index contributed by atoms with van der Waals surface area (Å²) < 4.78 is 39.3. The first-order chi connectivity index (χ1) is 9.70. The van der Waals surface area contributed by atoms with Crippen molar-refractivity contribution in [3.8, 4) is 0 Å². The molecule has 8 heteroatoms. The van der Waals surface area contributed by atoms with Crippen molar-refractivity contribution >= 4 is 28.9 Å². The minimum Gasteiger partial charge on any atom is -0.378 e. The van der Waals surface area contributed by atoms with Crippen LogP contribution in [0, 0.1) is 6.92 Å². The number of aryl methyl sites for hydroxylation is 2. The van der Waals surface area contributed by atoms with Crippen molar-refractivity contribution in [2.75, 3.05) is 5.32 Å². The summed E-state index contributed by atoms with van der Waals surface area (Å²) in [6.45, 7) is 2.08. The predicted molar refractivity (Wildman–Crippen MR) is 76.7 cm³/mol. The van der Waals surface area contributed by atoms with Gasteiger partial charge in [0.2, 0.25) is 0 Å². The minimum atomic E-state index is -4.41. The molecular weight excluding hydrogens is 326 g/mol. The van der Waals surface area contributed by atoms with Crippen LogP contribution in [-0.2, 0) is 19.8 Å². The maximum absolute atomic E-state index is 12.6. The van der Waals surface area contributed by atoms with E-state index in [1.807, 2.05) is 0 Å². The van der Waals surface area contributed by atoms with Gasteiger partial charge in [-0.1, -0.05) is 23.2 Å². The van der Waals surface area contributed by atoms with Gasteiger partial charge < -0.3 is 5.32 Å². The van der Waals surface area contributed by atoms with Crippen LogP contribution in [-0.4, -0.2) is 9.78 Å². The van der Waals surface area contributed by atoms with Crippen molar-refractivity contribution in [1.29, 1.82) is 0 Å². The molecule has 0 atom stereocenters. The zero-order chi connectivity index (χ0) is 15.8. The normalized spacial score (nSPS) is 11.8. The molecule has 0 saturated heterocycles. The standard InChI is InChI=1S/C13H12Cl2F3N3/c1-7-12(15)11(21(2)20-7)6-19-10-4-3-8(5-9(10)14)13(16,17)18/h3-5,19H,6H2,1-2H3. The molecule has 0 aliphatic rings. The first-order valence-electron chi connectivity index (χ1n) is 5.98. The number of halogens is 5. The number of rotatable bonds is 3. The van der Waals surface area contributed by atoms with Gasteiger partial charge in [-0.2, -0.15) is 18.3 Å². The Morgan fingerprint density at radius 3 is 2.43 bits per heavy atom. The van der Waals surface area contributed by atoms with Crippen molar-refractivity contribution < 1.29 is 13.2 Å². The number of nitrogens with zero attached hydrogens (tertiary/aromatic N) is 2. The van der Waals surface area contributed by atoms with Gasteiger partial charge in [0.15, 0.2) is 0 Å². The molecule has 0 bridgehead atoms. The summed E-state index contributed by atoms with van der Waals surface area (Å²) in [5.41, 5.74) is 1.03. The van der Waals surface area contributed by atoms with E-state index in [0.717, 1.165) is 17.8 Å². The van der Waals surface area contributed by atoms with Crippen LogP contribution in [0.3, 0.4) is 0 Å². The van der Waals surface area contributed by atoms with Crippen LogP contribution in [0.5, 0.6) is 0 Å². The highest BCUT2D eigenvalue weighted by Gasteiger charge is 2.30. The molecule has 2 rings (SSSR count). The topological polar surface area (TPSA) is 29.9 Å². The van der Waals surface area contributed by atoms with Crippen LogP contribution < -0.4 is 5.32 Å². The second kappa shape index (κ2) is 5.77. The Morgan fingerprint density at radius 1 is 1.29 bits per heavy atom. The lowest BCUT2D eigenvalue weighted by atomic mass is 10.2. The molecule has 21 heavy (non-hydrogen) atoms. The van der Waals surface area contributed by atoms with Gasteiger partial charge in [0.05, 0.1) is 39.2 Å². The summed E-state index contributed by atoms with van der Waals surface area (Å²) in [7, 11) is 1.74. The third-order valence-electron chi connectivity index (χ3n) is 3.00. The Morgan fingerprint density at radius 2 is 1.95 bits per heavy atom. The predicted octanol–water partition coefficient (Wildman–Crippen LogP) is 4.67. The summed E-state index contributed by atoms with van der Waals surface area (Å²) in [6.07, 6.45) is -4.41. The van der Waals surface area contributed by atoms with Gasteiger partial charge in [-0.3, -0.25) is 4.68 Å². The largest absolute Gasteiger partial charge is 0.416 e. The quantitative estimate of drug-likeness (QED) is 0.882. The van der Waals surface area contributed by atoms with E-state index in [1.165, 1.54) is 6.07 Å². The SMILES string of the molecule is Cc1nn(C)c(CNc2ccc(C(F)(F)F)cc2Cl)c1Cl. The third-order valence-corrected chi connectivity index (χ3v) is 3.81. The summed E-state index contributed by atoms with van der Waals surface area (Å²) in [4.78, 5) is 0. The molecule has 114 valence electrons. The maximum atomic E-state index is 12.6. The van der Waals surface area contributed by atoms with E-state index in [9.17, 15) is 13.2 Å². The highest BCUT2D eigenvalue weighted by molar-refractivity contribution is 6.33. The van der Waals surface area contributed by atoms with E-state index in [-0.39, 0.29) is 5.02 Å². The Balaban J connectivity index is 2.17. The van der Waals surface area contributed by atoms with Gasteiger partial charge in [0.25, 0.3) is 0 Å². The molecule has 0 fully saturated rings. The van der Waals surface area contributed by atoms with Crippen LogP contribution in [0.4, 0.5) is 18.9 Å². The average Bonchev–Trinajstić information content (AvgIpc) is 2.61. The number of hydrogen-bond donors (Lipinski definition) is 1. The highest BCUT2D eigenvalue weighted by Crippen LogP contribution is 2.34. The second-order valence-electron chi connectivity index (χ2n) is 4.52. The van der Waals surface area contributed by atoms with Gasteiger partial charge in [-0.15, -0.1) is 0 Å². The third kappa shape index (κ3) is 3.44. The first kappa shape index (κ1) is 16.0. The van der Waals surface area contributed by atoms with Crippen molar-refractivity contribution in [2.45, 2.75) is 19.6 Å². The molecule has 0 amide bonds. The van der Waals surface area contributed by atoms with Crippen molar-refractivity contribution in [1.82, 2.24) is 9.78 Å². The Hall–Kier alpha value is -1.40. The fourth-order valence-electron chi connectivity index (χ4n) is 1.89. The van der Waals surface area contributed by atoms with E-state index in [4.69, 9.17) is 23.2 Å². The zero-order valence-corrected chi connectivity index (χ0v) is 12.7. The van der Waals surface area contributed by atoms with Crippen molar-refractivity contribution in [3.05, 3.63) is 45.2 Å². The number of alkyl halides is 3. The van der Waals surface area contributed by atoms with Gasteiger partial charge in [0, 0.05) is 7.05 Å². The summed E-state index contributed by atoms with van der Waals surface area (Å²) in [6, 6.07) is 3.16. The average molecular weight is 338 g/mol. The molecule has 1 N–H and O–H groups in total. The van der Waals surface area contributed by atoms with E-state index in [1.54, 1.807) is 18.7 Å². The summed E-state index contributed by atoms with van der Waals surface area (Å²) in [5, 5.41) is 7.63. The lowest BCUT2D eigenvalue weighted by molar-refractivity contribution is -0.137. The second-order valence-corrected chi connectivity index (χ2v) is 5.30. The fraction of sp³-hybridized carbons (Fsp3) is 0.308. The number of hydrogen-bond acceptors (Lipinski definition) is 2. The number of aromatic nitrogens is 2. The number of nitrogens with one attached hydrogen (secondary N) is 1. The number of anilines is 1. The molecule has 0 aliphatic carbocycles. The lowest BCUT2D eigenvalue weighted by Gasteiger charge is -2.12. The molecule has 3 nitrogen and oxygen atoms in total. The molecule has 0 aliphatic heterocycles. The van der Waals surface area contributed by atoms with Gasteiger partial charge >= 0.3 is 6.18 Å². The molecule has 1 aromatic carbocycles. The smallest absolute Gasteiger partial charge is 0.378 e. The monoisotopic (exact) mass is 337 g/mol. The minimum absolute atomic E-state index is 0.000150. The highest BCUT2D eigenvalue weighted by atomic mass is 35.5. The van der Waals surface area contributed by atoms with E-state index < -0.39 is 11.7 Å². The molecule has 0 saturated carbocycles. The summed E-state index contributed by atoms with van der Waals surface area (Å²) in [5.74, 6) is 0. The Labute approximate surface area is 129 Å². The molecule has 1 aromatic heterocycles. The van der Waals surface area contributed by atoms with Gasteiger partial charge in [-0.05, 0) is 25.1 Å². The molecule has 1 heterocycles. The Bertz CT molecular complexity index is 665. The number of benzene rings is 1. The Kier molecular flexibility index (Phi) is 4.39. The van der Waals surface area contributed by atoms with Crippen LogP contribution in [0.1, 0.15) is 17.0 Å². The van der Waals surface area contributed by atoms with Crippen LogP contribution in [0.25, 0.3) is 0 Å². The molecule has 0 spiro atoms. The van der Waals surface area contributed by atoms with Crippen LogP contribution >= 0.6 is 23.2 Å². The van der Waals surface area contributed by atoms with E-state index in [0.29, 0.717) is 22.9 Å². The van der Waals surface area contributed by atoms with Crippen molar-refractivity contribution in [2.24, 2.45) is 7.05 Å². The van der Waals surface area contributed by atoms with Crippen LogP contribution in [0.15, 0.2) is 18.2 Å². The van der Waals surface area contributed by atoms with Crippen LogP contribution in [0.2, 0.25) is 10.0 Å². The molecular formula is C13H12Cl2F3N3. The molecule has 0 unspecified atom stereocenters.